The summed E-state index contributed by atoms with van der Waals surface area (Å²) >= 11 is 0. The van der Waals surface area contributed by atoms with Gasteiger partial charge in [0.1, 0.15) is 11.4 Å². The highest BCUT2D eigenvalue weighted by Gasteiger charge is 2.23. The number of benzene rings is 1. The third-order valence-corrected chi connectivity index (χ3v) is 4.93. The average Bonchev–Trinajstić information content (AvgIpc) is 3.05. The fraction of sp³-hybridized carbons (Fsp3) is 0.474. The first-order valence-electron chi connectivity index (χ1n) is 9.04. The molecule has 0 saturated carbocycles. The molecule has 1 fully saturated rings. The topological polar surface area (TPSA) is 84.9 Å². The van der Waals surface area contributed by atoms with Gasteiger partial charge in [0.2, 0.25) is 5.91 Å². The third kappa shape index (κ3) is 3.83. The van der Waals surface area contributed by atoms with Crippen LogP contribution in [0.25, 0.3) is 10.9 Å². The van der Waals surface area contributed by atoms with Crippen molar-refractivity contribution in [1.82, 2.24) is 4.98 Å². The van der Waals surface area contributed by atoms with Gasteiger partial charge in [0.15, 0.2) is 0 Å². The predicted octanol–water partition coefficient (Wildman–Crippen LogP) is 1.36. The fourth-order valence-electron chi connectivity index (χ4n) is 3.56. The molecular formula is C19H26N3O4+. The lowest BCUT2D eigenvalue weighted by atomic mass is 10.1. The lowest BCUT2D eigenvalue weighted by Crippen LogP contribution is -3.12. The van der Waals surface area contributed by atoms with Gasteiger partial charge in [-0.1, -0.05) is 6.07 Å². The molecule has 0 bridgehead atoms. The zero-order valence-electron chi connectivity index (χ0n) is 15.3. The van der Waals surface area contributed by atoms with E-state index >= 15 is 0 Å². The van der Waals surface area contributed by atoms with Crippen LogP contribution in [0.5, 0.6) is 5.75 Å². The van der Waals surface area contributed by atoms with Crippen molar-refractivity contribution in [2.45, 2.75) is 25.7 Å². The fourth-order valence-corrected chi connectivity index (χ4v) is 3.56. The van der Waals surface area contributed by atoms with Gasteiger partial charge >= 0.3 is 5.97 Å². The molecule has 1 aromatic heterocycles. The SMILES string of the molecule is COC(=O)c1[nH]c2cccc(OC)c2c1NC(=O)CC[NH+]1CCCCC1. The molecule has 1 amide bonds. The number of anilines is 1. The summed E-state index contributed by atoms with van der Waals surface area (Å²) in [5.41, 5.74) is 1.36. The Morgan fingerprint density at radius 2 is 1.96 bits per heavy atom. The minimum atomic E-state index is -0.528. The number of amides is 1. The molecule has 1 saturated heterocycles. The van der Waals surface area contributed by atoms with Crippen LogP contribution in [0.15, 0.2) is 18.2 Å². The molecule has 2 heterocycles. The molecule has 0 radical (unpaired) electrons. The summed E-state index contributed by atoms with van der Waals surface area (Å²) in [7, 11) is 2.88. The Morgan fingerprint density at radius 1 is 1.19 bits per heavy atom. The molecule has 3 rings (SSSR count). The number of H-pyrrole nitrogens is 1. The van der Waals surface area contributed by atoms with Crippen molar-refractivity contribution in [3.8, 4) is 5.75 Å². The van der Waals surface area contributed by atoms with E-state index in [4.69, 9.17) is 9.47 Å². The monoisotopic (exact) mass is 360 g/mol. The van der Waals surface area contributed by atoms with E-state index in [0.29, 0.717) is 28.8 Å². The summed E-state index contributed by atoms with van der Waals surface area (Å²) in [6.07, 6.45) is 4.15. The summed E-state index contributed by atoms with van der Waals surface area (Å²) in [5.74, 6) is -0.0499. The molecule has 0 atom stereocenters. The summed E-state index contributed by atoms with van der Waals surface area (Å²) in [5, 5.41) is 3.57. The average molecular weight is 360 g/mol. The quantitative estimate of drug-likeness (QED) is 0.679. The number of esters is 1. The Balaban J connectivity index is 1.82. The van der Waals surface area contributed by atoms with Gasteiger partial charge in [-0.15, -0.1) is 0 Å². The van der Waals surface area contributed by atoms with Crippen molar-refractivity contribution in [3.05, 3.63) is 23.9 Å². The molecule has 0 spiro atoms. The maximum atomic E-state index is 12.5. The number of aromatic amines is 1. The maximum absolute atomic E-state index is 12.5. The van der Waals surface area contributed by atoms with Crippen LogP contribution in [0.1, 0.15) is 36.2 Å². The zero-order valence-corrected chi connectivity index (χ0v) is 15.3. The summed E-state index contributed by atoms with van der Waals surface area (Å²) in [4.78, 5) is 29.2. The van der Waals surface area contributed by atoms with Crippen molar-refractivity contribution in [3.63, 3.8) is 0 Å². The van der Waals surface area contributed by atoms with Crippen LogP contribution >= 0.6 is 0 Å². The molecule has 1 aromatic carbocycles. The van der Waals surface area contributed by atoms with Gasteiger partial charge in [0.05, 0.1) is 56.9 Å². The van der Waals surface area contributed by atoms with E-state index in [1.165, 1.54) is 31.3 Å². The number of piperidine rings is 1. The van der Waals surface area contributed by atoms with E-state index < -0.39 is 5.97 Å². The van der Waals surface area contributed by atoms with Crippen LogP contribution in [0.3, 0.4) is 0 Å². The van der Waals surface area contributed by atoms with E-state index in [1.807, 2.05) is 12.1 Å². The lowest BCUT2D eigenvalue weighted by molar-refractivity contribution is -0.904. The molecule has 140 valence electrons. The second-order valence-corrected chi connectivity index (χ2v) is 6.61. The van der Waals surface area contributed by atoms with Crippen LogP contribution in [0.4, 0.5) is 5.69 Å². The van der Waals surface area contributed by atoms with Gasteiger partial charge in [-0.05, 0) is 31.4 Å². The highest BCUT2D eigenvalue weighted by atomic mass is 16.5. The Hall–Kier alpha value is -2.54. The highest BCUT2D eigenvalue weighted by molar-refractivity contribution is 6.12. The van der Waals surface area contributed by atoms with Crippen LogP contribution in [0.2, 0.25) is 0 Å². The molecule has 3 N–H and O–H groups in total. The standard InChI is InChI=1S/C19H25N3O4/c1-25-14-8-6-7-13-16(14)17(18(20-13)19(24)26-2)21-15(23)9-12-22-10-4-3-5-11-22/h6-8,20H,3-5,9-12H2,1-2H3,(H,21,23)/p+1. The molecule has 0 aliphatic carbocycles. The predicted molar refractivity (Wildman–Crippen MR) is 98.9 cm³/mol. The summed E-state index contributed by atoms with van der Waals surface area (Å²) < 4.78 is 10.3. The number of carbonyl (C=O) groups is 2. The molecule has 26 heavy (non-hydrogen) atoms. The maximum Gasteiger partial charge on any atom is 0.356 e. The number of methoxy groups -OCH3 is 2. The minimum absolute atomic E-state index is 0.111. The molecule has 2 aromatic rings. The van der Waals surface area contributed by atoms with Crippen LogP contribution in [-0.2, 0) is 9.53 Å². The number of carbonyl (C=O) groups excluding carboxylic acids is 2. The largest absolute Gasteiger partial charge is 0.496 e. The first-order chi connectivity index (χ1) is 12.6. The van der Waals surface area contributed by atoms with Crippen LogP contribution in [0, 0.1) is 0 Å². The van der Waals surface area contributed by atoms with Crippen molar-refractivity contribution in [2.24, 2.45) is 0 Å². The second kappa shape index (κ2) is 8.23. The minimum Gasteiger partial charge on any atom is -0.496 e. The number of ether oxygens (including phenoxy) is 2. The normalized spacial score (nSPS) is 15.0. The summed E-state index contributed by atoms with van der Waals surface area (Å²) in [6, 6.07) is 5.45. The van der Waals surface area contributed by atoms with Gasteiger partial charge in [-0.25, -0.2) is 4.79 Å². The molecule has 0 unspecified atom stereocenters. The van der Waals surface area contributed by atoms with E-state index in [2.05, 4.69) is 10.3 Å². The van der Waals surface area contributed by atoms with Gasteiger partial charge in [0, 0.05) is 0 Å². The van der Waals surface area contributed by atoms with Crippen molar-refractivity contribution in [1.29, 1.82) is 0 Å². The zero-order chi connectivity index (χ0) is 18.5. The van der Waals surface area contributed by atoms with Crippen molar-refractivity contribution < 1.29 is 24.0 Å². The van der Waals surface area contributed by atoms with Gasteiger partial charge in [-0.2, -0.15) is 0 Å². The number of hydrogen-bond donors (Lipinski definition) is 3. The number of quaternary nitrogens is 1. The van der Waals surface area contributed by atoms with E-state index in [-0.39, 0.29) is 11.6 Å². The second-order valence-electron chi connectivity index (χ2n) is 6.61. The molecular weight excluding hydrogens is 334 g/mol. The van der Waals surface area contributed by atoms with E-state index in [0.717, 1.165) is 19.6 Å². The first-order valence-corrected chi connectivity index (χ1v) is 9.04. The Labute approximate surface area is 152 Å². The number of rotatable bonds is 6. The van der Waals surface area contributed by atoms with E-state index in [1.54, 1.807) is 13.2 Å². The van der Waals surface area contributed by atoms with Gasteiger partial charge in [-0.3, -0.25) is 4.79 Å². The Morgan fingerprint density at radius 3 is 2.65 bits per heavy atom. The number of likely N-dealkylation sites (tertiary alicyclic amines) is 1. The van der Waals surface area contributed by atoms with E-state index in [9.17, 15) is 9.59 Å². The van der Waals surface area contributed by atoms with Crippen molar-refractivity contribution in [2.75, 3.05) is 39.2 Å². The molecule has 7 nitrogen and oxygen atoms in total. The highest BCUT2D eigenvalue weighted by Crippen LogP contribution is 2.35. The van der Waals surface area contributed by atoms with Gasteiger partial charge in [0.25, 0.3) is 0 Å². The number of aromatic nitrogens is 1. The molecule has 1 aliphatic rings. The number of hydrogen-bond acceptors (Lipinski definition) is 4. The molecule has 7 heteroatoms. The first kappa shape index (κ1) is 18.3. The lowest BCUT2D eigenvalue weighted by Gasteiger charge is -2.23. The van der Waals surface area contributed by atoms with Crippen LogP contribution in [-0.4, -0.2) is 50.7 Å². The Bertz CT molecular complexity index is 793. The summed E-state index contributed by atoms with van der Waals surface area (Å²) in [6.45, 7) is 3.06. The number of fused-ring (bicyclic) bond motifs is 1. The Kier molecular flexibility index (Phi) is 5.78. The van der Waals surface area contributed by atoms with Crippen LogP contribution < -0.4 is 15.0 Å². The molecule has 1 aliphatic heterocycles. The number of nitrogens with one attached hydrogen (secondary N) is 3. The van der Waals surface area contributed by atoms with Gasteiger partial charge < -0.3 is 24.7 Å². The third-order valence-electron chi connectivity index (χ3n) is 4.93. The smallest absolute Gasteiger partial charge is 0.356 e. The van der Waals surface area contributed by atoms with Crippen molar-refractivity contribution >= 4 is 28.5 Å².